The number of aryl methyl sites for hydroxylation is 1. The average Bonchev–Trinajstić information content (AvgIpc) is 2.55. The Kier molecular flexibility index (Phi) is 5.73. The molecule has 6 heteroatoms. The normalized spacial score (nSPS) is 10.5. The lowest BCUT2D eigenvalue weighted by molar-refractivity contribution is 0.0468. The number of benzene rings is 1. The monoisotopic (exact) mass is 332 g/mol. The van der Waals surface area contributed by atoms with Crippen molar-refractivity contribution in [2.45, 2.75) is 27.4 Å². The first-order valence-electron chi connectivity index (χ1n) is 7.82. The molecule has 0 aliphatic rings. The molecule has 0 saturated heterocycles. The molecule has 0 amide bonds. The number of nitrogens with zero attached hydrogens (tertiary/aromatic N) is 2. The SMILES string of the molecule is CCN(CC)c1ccc(C(=O)OCc2cnc(F)cc2C)c(O)c1. The highest BCUT2D eigenvalue weighted by atomic mass is 19.1. The summed E-state index contributed by atoms with van der Waals surface area (Å²) in [5.41, 5.74) is 2.20. The third-order valence-electron chi connectivity index (χ3n) is 3.87. The number of aromatic nitrogens is 1. The number of halogens is 1. The molecule has 0 bridgehead atoms. The molecule has 1 aromatic heterocycles. The Morgan fingerprint density at radius 3 is 2.58 bits per heavy atom. The third kappa shape index (κ3) is 4.01. The molecular formula is C18H21FN2O3. The van der Waals surface area contributed by atoms with Crippen molar-refractivity contribution in [2.75, 3.05) is 18.0 Å². The first kappa shape index (κ1) is 17.7. The van der Waals surface area contributed by atoms with Crippen LogP contribution < -0.4 is 4.90 Å². The maximum absolute atomic E-state index is 13.0. The number of esters is 1. The van der Waals surface area contributed by atoms with Crippen LogP contribution >= 0.6 is 0 Å². The molecule has 1 aromatic carbocycles. The van der Waals surface area contributed by atoms with E-state index < -0.39 is 11.9 Å². The van der Waals surface area contributed by atoms with Gasteiger partial charge >= 0.3 is 5.97 Å². The van der Waals surface area contributed by atoms with Crippen LogP contribution in [0, 0.1) is 12.9 Å². The maximum Gasteiger partial charge on any atom is 0.342 e. The molecule has 0 aliphatic heterocycles. The first-order valence-corrected chi connectivity index (χ1v) is 7.82. The van der Waals surface area contributed by atoms with Crippen LogP contribution in [0.5, 0.6) is 5.75 Å². The molecule has 5 nitrogen and oxygen atoms in total. The zero-order chi connectivity index (χ0) is 17.7. The number of carbonyl (C=O) groups excluding carboxylic acids is 1. The molecule has 0 radical (unpaired) electrons. The molecule has 0 unspecified atom stereocenters. The number of aromatic hydroxyl groups is 1. The Hall–Kier alpha value is -2.63. The van der Waals surface area contributed by atoms with Crippen molar-refractivity contribution in [2.24, 2.45) is 0 Å². The van der Waals surface area contributed by atoms with Crippen molar-refractivity contribution < 1.29 is 19.0 Å². The van der Waals surface area contributed by atoms with Crippen molar-refractivity contribution in [3.05, 3.63) is 53.1 Å². The molecule has 0 spiro atoms. The van der Waals surface area contributed by atoms with Crippen LogP contribution in [0.2, 0.25) is 0 Å². The van der Waals surface area contributed by atoms with Gasteiger partial charge in [0.2, 0.25) is 5.95 Å². The summed E-state index contributed by atoms with van der Waals surface area (Å²) in [6.45, 7) is 7.32. The second kappa shape index (κ2) is 7.77. The highest BCUT2D eigenvalue weighted by Crippen LogP contribution is 2.25. The number of hydrogen-bond acceptors (Lipinski definition) is 5. The van der Waals surface area contributed by atoms with Gasteiger partial charge in [-0.05, 0) is 44.5 Å². The van der Waals surface area contributed by atoms with Gasteiger partial charge in [-0.25, -0.2) is 9.78 Å². The summed E-state index contributed by atoms with van der Waals surface area (Å²) in [5.74, 6) is -1.34. The number of anilines is 1. The van der Waals surface area contributed by atoms with E-state index in [0.29, 0.717) is 11.1 Å². The summed E-state index contributed by atoms with van der Waals surface area (Å²) in [6.07, 6.45) is 1.33. The van der Waals surface area contributed by atoms with Crippen molar-refractivity contribution in [3.63, 3.8) is 0 Å². The summed E-state index contributed by atoms with van der Waals surface area (Å²) in [5, 5.41) is 10.1. The molecule has 1 heterocycles. The van der Waals surface area contributed by atoms with Gasteiger partial charge in [0.1, 0.15) is 17.9 Å². The highest BCUT2D eigenvalue weighted by Gasteiger charge is 2.15. The summed E-state index contributed by atoms with van der Waals surface area (Å²) in [6, 6.07) is 6.14. The molecule has 2 aromatic rings. The van der Waals surface area contributed by atoms with Crippen molar-refractivity contribution >= 4 is 11.7 Å². The Morgan fingerprint density at radius 2 is 2.00 bits per heavy atom. The minimum atomic E-state index is -0.637. The second-order valence-corrected chi connectivity index (χ2v) is 5.38. The minimum absolute atomic E-state index is 0.0326. The van der Waals surface area contributed by atoms with E-state index in [9.17, 15) is 14.3 Å². The van der Waals surface area contributed by atoms with Gasteiger partial charge in [0.25, 0.3) is 0 Å². The highest BCUT2D eigenvalue weighted by molar-refractivity contribution is 5.93. The van der Waals surface area contributed by atoms with Crippen molar-refractivity contribution in [3.8, 4) is 5.75 Å². The molecule has 1 N–H and O–H groups in total. The predicted molar refractivity (Wildman–Crippen MR) is 89.7 cm³/mol. The Bertz CT molecular complexity index is 730. The molecular weight excluding hydrogens is 311 g/mol. The number of ether oxygens (including phenoxy) is 1. The van der Waals surface area contributed by atoms with E-state index in [1.807, 2.05) is 13.8 Å². The fraction of sp³-hybridized carbons (Fsp3) is 0.333. The van der Waals surface area contributed by atoms with Gasteiger partial charge in [-0.1, -0.05) is 0 Å². The molecule has 24 heavy (non-hydrogen) atoms. The quantitative estimate of drug-likeness (QED) is 0.648. The largest absolute Gasteiger partial charge is 0.507 e. The van der Waals surface area contributed by atoms with E-state index in [1.165, 1.54) is 12.3 Å². The number of phenols is 1. The smallest absolute Gasteiger partial charge is 0.342 e. The summed E-state index contributed by atoms with van der Waals surface area (Å²) < 4.78 is 18.2. The average molecular weight is 332 g/mol. The van der Waals surface area contributed by atoms with Crippen LogP contribution in [-0.2, 0) is 11.3 Å². The topological polar surface area (TPSA) is 62.7 Å². The zero-order valence-corrected chi connectivity index (χ0v) is 14.0. The van der Waals surface area contributed by atoms with Gasteiger partial charge in [-0.15, -0.1) is 0 Å². The molecule has 128 valence electrons. The van der Waals surface area contributed by atoms with E-state index >= 15 is 0 Å². The molecule has 0 saturated carbocycles. The lowest BCUT2D eigenvalue weighted by atomic mass is 10.1. The number of carbonyl (C=O) groups is 1. The molecule has 0 atom stereocenters. The van der Waals surface area contributed by atoms with Gasteiger partial charge in [0.15, 0.2) is 0 Å². The van der Waals surface area contributed by atoms with Crippen LogP contribution in [0.1, 0.15) is 35.3 Å². The number of pyridine rings is 1. The molecule has 2 rings (SSSR count). The standard InChI is InChI=1S/C18H21FN2O3/c1-4-21(5-2)14-6-7-15(16(22)9-14)18(23)24-11-13-10-20-17(19)8-12(13)3/h6-10,22H,4-5,11H2,1-3H3. The van der Waals surface area contributed by atoms with Crippen LogP contribution in [0.3, 0.4) is 0 Å². The fourth-order valence-corrected chi connectivity index (χ4v) is 2.40. The first-order chi connectivity index (χ1) is 11.5. The van der Waals surface area contributed by atoms with E-state index in [4.69, 9.17) is 4.74 Å². The van der Waals surface area contributed by atoms with E-state index in [-0.39, 0.29) is 17.9 Å². The lowest BCUT2D eigenvalue weighted by Gasteiger charge is -2.21. The Labute approximate surface area is 140 Å². The van der Waals surface area contributed by atoms with Gasteiger partial charge < -0.3 is 14.7 Å². The lowest BCUT2D eigenvalue weighted by Crippen LogP contribution is -2.21. The van der Waals surface area contributed by atoms with E-state index in [2.05, 4.69) is 9.88 Å². The number of hydrogen-bond donors (Lipinski definition) is 1. The van der Waals surface area contributed by atoms with Crippen LogP contribution in [0.4, 0.5) is 10.1 Å². The van der Waals surface area contributed by atoms with Gasteiger partial charge in [0, 0.05) is 36.6 Å². The third-order valence-corrected chi connectivity index (χ3v) is 3.87. The predicted octanol–water partition coefficient (Wildman–Crippen LogP) is 3.44. The maximum atomic E-state index is 13.0. The summed E-state index contributed by atoms with van der Waals surface area (Å²) >= 11 is 0. The van der Waals surface area contributed by atoms with Gasteiger partial charge in [-0.2, -0.15) is 4.39 Å². The van der Waals surface area contributed by atoms with Gasteiger partial charge in [-0.3, -0.25) is 0 Å². The molecule has 0 fully saturated rings. The zero-order valence-electron chi connectivity index (χ0n) is 14.0. The van der Waals surface area contributed by atoms with Crippen LogP contribution in [0.15, 0.2) is 30.5 Å². The molecule has 0 aliphatic carbocycles. The number of rotatable bonds is 6. The van der Waals surface area contributed by atoms with Crippen molar-refractivity contribution in [1.29, 1.82) is 0 Å². The van der Waals surface area contributed by atoms with Gasteiger partial charge in [0.05, 0.1) is 0 Å². The van der Waals surface area contributed by atoms with Crippen LogP contribution in [0.25, 0.3) is 0 Å². The summed E-state index contributed by atoms with van der Waals surface area (Å²) in [4.78, 5) is 17.8. The Morgan fingerprint density at radius 1 is 1.29 bits per heavy atom. The Balaban J connectivity index is 2.09. The van der Waals surface area contributed by atoms with Crippen molar-refractivity contribution in [1.82, 2.24) is 4.98 Å². The van der Waals surface area contributed by atoms with Crippen LogP contribution in [-0.4, -0.2) is 29.1 Å². The van der Waals surface area contributed by atoms with E-state index in [0.717, 1.165) is 18.8 Å². The summed E-state index contributed by atoms with van der Waals surface area (Å²) in [7, 11) is 0. The fourth-order valence-electron chi connectivity index (χ4n) is 2.40. The number of phenolic OH excluding ortho intramolecular Hbond substituents is 1. The minimum Gasteiger partial charge on any atom is -0.507 e. The van der Waals surface area contributed by atoms with E-state index in [1.54, 1.807) is 25.1 Å². The second-order valence-electron chi connectivity index (χ2n) is 5.38.